The maximum absolute atomic E-state index is 13.3. The quantitative estimate of drug-likeness (QED) is 0.744. The summed E-state index contributed by atoms with van der Waals surface area (Å²) in [6.45, 7) is 2.07. The minimum Gasteiger partial charge on any atom is -0.507 e. The number of hydrogen-bond acceptors (Lipinski definition) is 3. The summed E-state index contributed by atoms with van der Waals surface area (Å²) >= 11 is 0. The van der Waals surface area contributed by atoms with Gasteiger partial charge < -0.3 is 16.6 Å². The van der Waals surface area contributed by atoms with Crippen LogP contribution in [0.5, 0.6) is 5.75 Å². The Hall–Kier alpha value is -0.840. The third-order valence-corrected chi connectivity index (χ3v) is 2.21. The molecule has 0 spiro atoms. The molecule has 0 aliphatic heterocycles. The molecule has 86 valence electrons. The summed E-state index contributed by atoms with van der Waals surface area (Å²) in [4.78, 5) is 0. The molecular formula is C10H16ClFN2O. The van der Waals surface area contributed by atoms with Crippen LogP contribution in [0.25, 0.3) is 0 Å². The highest BCUT2D eigenvalue weighted by Crippen LogP contribution is 2.30. The first-order valence-electron chi connectivity index (χ1n) is 4.51. The molecule has 0 fully saturated rings. The Morgan fingerprint density at radius 3 is 2.60 bits per heavy atom. The van der Waals surface area contributed by atoms with E-state index in [4.69, 9.17) is 11.5 Å². The van der Waals surface area contributed by atoms with Crippen LogP contribution in [0.3, 0.4) is 0 Å². The summed E-state index contributed by atoms with van der Waals surface area (Å²) in [5, 5.41) is 9.61. The van der Waals surface area contributed by atoms with Gasteiger partial charge in [0.2, 0.25) is 0 Å². The molecule has 3 nitrogen and oxygen atoms in total. The van der Waals surface area contributed by atoms with Crippen LogP contribution in [0.4, 0.5) is 4.39 Å². The largest absolute Gasteiger partial charge is 0.507 e. The molecule has 0 unspecified atom stereocenters. The molecule has 1 aromatic carbocycles. The summed E-state index contributed by atoms with van der Waals surface area (Å²) in [5.74, 6) is -0.542. The van der Waals surface area contributed by atoms with Crippen LogP contribution in [-0.2, 0) is 0 Å². The molecule has 0 saturated heterocycles. The second-order valence-corrected chi connectivity index (χ2v) is 3.31. The second kappa shape index (κ2) is 5.90. The maximum Gasteiger partial charge on any atom is 0.131 e. The number of rotatable bonds is 3. The molecule has 5 N–H and O–H groups in total. The standard InChI is InChI=1S/C10H15FN2O.ClH/c1-6-2-3-7(11)9(10(6)14)8(13)4-5-12;/h2-3,8,14H,4-5,12-13H2,1H3;1H/t8-;/m1./s1. The first-order valence-corrected chi connectivity index (χ1v) is 4.51. The van der Waals surface area contributed by atoms with E-state index in [0.717, 1.165) is 0 Å². The molecule has 0 radical (unpaired) electrons. The van der Waals surface area contributed by atoms with Gasteiger partial charge in [0.1, 0.15) is 11.6 Å². The molecular weight excluding hydrogens is 219 g/mol. The summed E-state index contributed by atoms with van der Waals surface area (Å²) < 4.78 is 13.3. The van der Waals surface area contributed by atoms with E-state index >= 15 is 0 Å². The molecule has 1 aromatic rings. The first-order chi connectivity index (χ1) is 6.57. The zero-order valence-corrected chi connectivity index (χ0v) is 9.35. The van der Waals surface area contributed by atoms with Crippen molar-refractivity contribution in [2.75, 3.05) is 6.54 Å². The van der Waals surface area contributed by atoms with Gasteiger partial charge in [0.15, 0.2) is 0 Å². The topological polar surface area (TPSA) is 72.3 Å². The zero-order chi connectivity index (χ0) is 10.7. The van der Waals surface area contributed by atoms with Crippen LogP contribution < -0.4 is 11.5 Å². The van der Waals surface area contributed by atoms with Gasteiger partial charge >= 0.3 is 0 Å². The Morgan fingerprint density at radius 1 is 1.47 bits per heavy atom. The third-order valence-electron chi connectivity index (χ3n) is 2.21. The van der Waals surface area contributed by atoms with Crippen molar-refractivity contribution in [2.24, 2.45) is 11.5 Å². The summed E-state index contributed by atoms with van der Waals surface area (Å²) in [7, 11) is 0. The lowest BCUT2D eigenvalue weighted by molar-refractivity contribution is 0.442. The summed E-state index contributed by atoms with van der Waals surface area (Å²) in [6, 6.07) is 2.28. The van der Waals surface area contributed by atoms with Gasteiger partial charge in [-0.25, -0.2) is 4.39 Å². The Morgan fingerprint density at radius 2 is 2.07 bits per heavy atom. The van der Waals surface area contributed by atoms with Gasteiger partial charge in [-0.2, -0.15) is 0 Å². The Labute approximate surface area is 94.7 Å². The van der Waals surface area contributed by atoms with E-state index in [9.17, 15) is 9.50 Å². The fourth-order valence-electron chi connectivity index (χ4n) is 1.37. The van der Waals surface area contributed by atoms with Crippen LogP contribution in [0, 0.1) is 12.7 Å². The lowest BCUT2D eigenvalue weighted by Gasteiger charge is -2.14. The number of phenols is 1. The van der Waals surface area contributed by atoms with E-state index in [1.54, 1.807) is 6.92 Å². The molecule has 1 rings (SSSR count). The van der Waals surface area contributed by atoms with Gasteiger partial charge in [-0.1, -0.05) is 6.07 Å². The number of halogens is 2. The lowest BCUT2D eigenvalue weighted by atomic mass is 10.0. The predicted octanol–water partition coefficient (Wildman–Crippen LogP) is 1.61. The van der Waals surface area contributed by atoms with Crippen LogP contribution in [0.1, 0.15) is 23.6 Å². The molecule has 0 bridgehead atoms. The predicted molar refractivity (Wildman–Crippen MR) is 60.6 cm³/mol. The number of hydrogen-bond donors (Lipinski definition) is 3. The SMILES string of the molecule is Cc1ccc(F)c([C@H](N)CCN)c1O.Cl. The van der Waals surface area contributed by atoms with Gasteiger partial charge in [0.05, 0.1) is 0 Å². The van der Waals surface area contributed by atoms with Gasteiger partial charge in [-0.05, 0) is 31.5 Å². The molecule has 0 aliphatic rings. The minimum absolute atomic E-state index is 0. The van der Waals surface area contributed by atoms with E-state index in [-0.39, 0.29) is 23.7 Å². The highest BCUT2D eigenvalue weighted by Gasteiger charge is 2.16. The summed E-state index contributed by atoms with van der Waals surface area (Å²) in [6.07, 6.45) is 0.452. The molecule has 1 atom stereocenters. The van der Waals surface area contributed by atoms with Crippen LogP contribution in [0.15, 0.2) is 12.1 Å². The monoisotopic (exact) mass is 234 g/mol. The molecule has 0 heterocycles. The number of phenolic OH excluding ortho intramolecular Hbond substituents is 1. The van der Waals surface area contributed by atoms with Gasteiger partial charge in [0, 0.05) is 11.6 Å². The highest BCUT2D eigenvalue weighted by molar-refractivity contribution is 5.85. The van der Waals surface area contributed by atoms with Crippen molar-refractivity contribution < 1.29 is 9.50 Å². The Balaban J connectivity index is 0.00000196. The van der Waals surface area contributed by atoms with E-state index in [0.29, 0.717) is 18.5 Å². The fourth-order valence-corrected chi connectivity index (χ4v) is 1.37. The first kappa shape index (κ1) is 14.2. The molecule has 0 saturated carbocycles. The molecule has 0 aliphatic carbocycles. The fraction of sp³-hybridized carbons (Fsp3) is 0.400. The smallest absolute Gasteiger partial charge is 0.131 e. The van der Waals surface area contributed by atoms with Gasteiger partial charge in [0.25, 0.3) is 0 Å². The number of aromatic hydroxyl groups is 1. The van der Waals surface area contributed by atoms with E-state index in [1.165, 1.54) is 12.1 Å². The molecule has 0 amide bonds. The average Bonchev–Trinajstić information content (AvgIpc) is 2.13. The molecule has 0 aromatic heterocycles. The van der Waals surface area contributed by atoms with Crippen LogP contribution in [0.2, 0.25) is 0 Å². The van der Waals surface area contributed by atoms with Crippen molar-refractivity contribution in [3.8, 4) is 5.75 Å². The number of benzene rings is 1. The van der Waals surface area contributed by atoms with Crippen molar-refractivity contribution in [2.45, 2.75) is 19.4 Å². The van der Waals surface area contributed by atoms with E-state index in [1.807, 2.05) is 0 Å². The Kier molecular flexibility index (Phi) is 5.57. The number of aryl methyl sites for hydroxylation is 1. The van der Waals surface area contributed by atoms with Crippen molar-refractivity contribution in [1.29, 1.82) is 0 Å². The van der Waals surface area contributed by atoms with Gasteiger partial charge in [-0.15, -0.1) is 12.4 Å². The van der Waals surface area contributed by atoms with Crippen molar-refractivity contribution >= 4 is 12.4 Å². The van der Waals surface area contributed by atoms with Crippen molar-refractivity contribution in [3.05, 3.63) is 29.1 Å². The highest BCUT2D eigenvalue weighted by atomic mass is 35.5. The normalized spacial score (nSPS) is 12.0. The average molecular weight is 235 g/mol. The summed E-state index contributed by atoms with van der Waals surface area (Å²) in [5.41, 5.74) is 11.8. The zero-order valence-electron chi connectivity index (χ0n) is 8.53. The maximum atomic E-state index is 13.3. The Bertz CT molecular complexity index is 333. The van der Waals surface area contributed by atoms with E-state index in [2.05, 4.69) is 0 Å². The molecule has 15 heavy (non-hydrogen) atoms. The molecule has 5 heteroatoms. The van der Waals surface area contributed by atoms with E-state index < -0.39 is 11.9 Å². The van der Waals surface area contributed by atoms with Crippen molar-refractivity contribution in [3.63, 3.8) is 0 Å². The van der Waals surface area contributed by atoms with Crippen LogP contribution in [-0.4, -0.2) is 11.7 Å². The lowest BCUT2D eigenvalue weighted by Crippen LogP contribution is -2.17. The van der Waals surface area contributed by atoms with Gasteiger partial charge in [-0.3, -0.25) is 0 Å². The number of nitrogens with two attached hydrogens (primary N) is 2. The van der Waals surface area contributed by atoms with Crippen LogP contribution >= 0.6 is 12.4 Å². The van der Waals surface area contributed by atoms with Crippen molar-refractivity contribution in [1.82, 2.24) is 0 Å². The third kappa shape index (κ3) is 3.06. The minimum atomic E-state index is -0.542. The second-order valence-electron chi connectivity index (χ2n) is 3.31.